The molecule has 0 aromatic heterocycles. The highest BCUT2D eigenvalue weighted by Gasteiger charge is 2.43. The van der Waals surface area contributed by atoms with Crippen molar-refractivity contribution < 1.29 is 13.5 Å². The van der Waals surface area contributed by atoms with Crippen molar-refractivity contribution in [1.29, 1.82) is 0 Å². The zero-order chi connectivity index (χ0) is 12.6. The topological polar surface area (TPSA) is 12.5 Å². The van der Waals surface area contributed by atoms with Crippen LogP contribution in [0.25, 0.3) is 0 Å². The van der Waals surface area contributed by atoms with Gasteiger partial charge in [-0.1, -0.05) is 12.1 Å². The monoisotopic (exact) mass is 253 g/mol. The number of ether oxygens (including phenoxy) is 1. The van der Waals surface area contributed by atoms with Gasteiger partial charge in [0.1, 0.15) is 5.75 Å². The van der Waals surface area contributed by atoms with Crippen molar-refractivity contribution >= 4 is 0 Å². The third-order valence-corrected chi connectivity index (χ3v) is 3.60. The molecule has 1 aromatic carbocycles. The molecule has 98 valence electrons. The maximum atomic E-state index is 12.7. The molecule has 1 aromatic rings. The van der Waals surface area contributed by atoms with Crippen molar-refractivity contribution in [2.45, 2.75) is 25.2 Å². The lowest BCUT2D eigenvalue weighted by Gasteiger charge is -2.38. The summed E-state index contributed by atoms with van der Waals surface area (Å²) in [4.78, 5) is 1.80. The van der Waals surface area contributed by atoms with E-state index in [1.165, 1.54) is 11.1 Å². The molecule has 1 saturated heterocycles. The molecule has 0 amide bonds. The zero-order valence-electron chi connectivity index (χ0n) is 10.3. The number of hydrogen-bond acceptors (Lipinski definition) is 2. The van der Waals surface area contributed by atoms with Crippen molar-refractivity contribution in [2.24, 2.45) is 0 Å². The van der Waals surface area contributed by atoms with Crippen LogP contribution < -0.4 is 4.74 Å². The highest BCUT2D eigenvalue weighted by Crippen LogP contribution is 2.28. The maximum absolute atomic E-state index is 12.7. The van der Waals surface area contributed by atoms with E-state index in [9.17, 15) is 8.78 Å². The molecule has 0 radical (unpaired) electrons. The Bertz CT molecular complexity index is 439. The minimum atomic E-state index is -2.45. The standard InChI is InChI=1S/C14H17F2NO/c15-14(16)9-17(10-14)6-5-11-3-4-13-12(8-11)2-1-7-18-13/h3-4,8H,1-2,5-7,9-10H2. The first-order chi connectivity index (χ1) is 8.62. The molecule has 0 N–H and O–H groups in total. The summed E-state index contributed by atoms with van der Waals surface area (Å²) in [6.45, 7) is 1.35. The lowest BCUT2D eigenvalue weighted by molar-refractivity contribution is -0.129. The quantitative estimate of drug-likeness (QED) is 0.820. The Morgan fingerprint density at radius 2 is 2.11 bits per heavy atom. The largest absolute Gasteiger partial charge is 0.493 e. The molecule has 1 fully saturated rings. The van der Waals surface area contributed by atoms with Crippen molar-refractivity contribution in [3.63, 3.8) is 0 Å². The Labute approximate surface area is 106 Å². The second-order valence-corrected chi connectivity index (χ2v) is 5.21. The highest BCUT2D eigenvalue weighted by molar-refractivity contribution is 5.38. The normalized spacial score (nSPS) is 21.9. The summed E-state index contributed by atoms with van der Waals surface area (Å²) < 4.78 is 30.9. The predicted octanol–water partition coefficient (Wildman–Crippen LogP) is 2.51. The first-order valence-corrected chi connectivity index (χ1v) is 6.47. The van der Waals surface area contributed by atoms with Crippen LogP contribution in [-0.4, -0.2) is 37.1 Å². The van der Waals surface area contributed by atoms with Gasteiger partial charge in [0.05, 0.1) is 19.7 Å². The van der Waals surface area contributed by atoms with Gasteiger partial charge in [0, 0.05) is 6.54 Å². The molecule has 3 rings (SSSR count). The molecule has 0 saturated carbocycles. The lowest BCUT2D eigenvalue weighted by Crippen LogP contribution is -2.56. The predicted molar refractivity (Wildman–Crippen MR) is 65.3 cm³/mol. The summed E-state index contributed by atoms with van der Waals surface area (Å²) in [5.41, 5.74) is 2.47. The van der Waals surface area contributed by atoms with E-state index in [0.29, 0.717) is 0 Å². The molecular formula is C14H17F2NO. The van der Waals surface area contributed by atoms with Crippen LogP contribution >= 0.6 is 0 Å². The number of rotatable bonds is 3. The SMILES string of the molecule is FC1(F)CN(CCc2ccc3c(c2)CCCO3)C1. The van der Waals surface area contributed by atoms with Crippen LogP contribution in [0.1, 0.15) is 17.5 Å². The van der Waals surface area contributed by atoms with E-state index < -0.39 is 5.92 Å². The van der Waals surface area contributed by atoms with Crippen LogP contribution in [0.2, 0.25) is 0 Å². The lowest BCUT2D eigenvalue weighted by atomic mass is 10.0. The third-order valence-electron chi connectivity index (χ3n) is 3.60. The molecule has 0 unspecified atom stereocenters. The second-order valence-electron chi connectivity index (χ2n) is 5.21. The first kappa shape index (κ1) is 11.9. The van der Waals surface area contributed by atoms with Gasteiger partial charge in [-0.3, -0.25) is 4.90 Å². The third kappa shape index (κ3) is 2.48. The average Bonchev–Trinajstić information content (AvgIpc) is 2.33. The van der Waals surface area contributed by atoms with Crippen LogP contribution in [0.3, 0.4) is 0 Å². The van der Waals surface area contributed by atoms with Crippen LogP contribution in [0.4, 0.5) is 8.78 Å². The van der Waals surface area contributed by atoms with E-state index in [-0.39, 0.29) is 13.1 Å². The van der Waals surface area contributed by atoms with E-state index in [0.717, 1.165) is 38.2 Å². The molecule has 2 aliphatic heterocycles. The summed E-state index contributed by atoms with van der Waals surface area (Å²) in [7, 11) is 0. The average molecular weight is 253 g/mol. The number of likely N-dealkylation sites (tertiary alicyclic amines) is 1. The molecule has 0 atom stereocenters. The molecular weight excluding hydrogens is 236 g/mol. The van der Waals surface area contributed by atoms with E-state index in [4.69, 9.17) is 4.74 Å². The highest BCUT2D eigenvalue weighted by atomic mass is 19.3. The van der Waals surface area contributed by atoms with Gasteiger partial charge in [0.2, 0.25) is 0 Å². The van der Waals surface area contributed by atoms with E-state index in [1.54, 1.807) is 4.90 Å². The molecule has 4 heteroatoms. The Hall–Kier alpha value is -1.16. The van der Waals surface area contributed by atoms with Crippen molar-refractivity contribution in [3.05, 3.63) is 29.3 Å². The number of aryl methyl sites for hydroxylation is 1. The van der Waals surface area contributed by atoms with Crippen molar-refractivity contribution in [2.75, 3.05) is 26.2 Å². The Kier molecular flexibility index (Phi) is 2.98. The molecule has 2 heterocycles. The second kappa shape index (κ2) is 4.50. The van der Waals surface area contributed by atoms with E-state index >= 15 is 0 Å². The van der Waals surface area contributed by atoms with Gasteiger partial charge in [0.25, 0.3) is 5.92 Å². The summed E-state index contributed by atoms with van der Waals surface area (Å²) in [5.74, 6) is -1.47. The zero-order valence-corrected chi connectivity index (χ0v) is 10.3. The molecule has 0 spiro atoms. The fourth-order valence-corrected chi connectivity index (χ4v) is 2.62. The van der Waals surface area contributed by atoms with Crippen molar-refractivity contribution in [3.8, 4) is 5.75 Å². The number of alkyl halides is 2. The van der Waals surface area contributed by atoms with Gasteiger partial charge in [-0.15, -0.1) is 0 Å². The van der Waals surface area contributed by atoms with Crippen molar-refractivity contribution in [1.82, 2.24) is 4.90 Å². The van der Waals surface area contributed by atoms with Gasteiger partial charge in [-0.2, -0.15) is 0 Å². The molecule has 0 aliphatic carbocycles. The summed E-state index contributed by atoms with van der Waals surface area (Å²) >= 11 is 0. The molecule has 18 heavy (non-hydrogen) atoms. The summed E-state index contributed by atoms with van der Waals surface area (Å²) in [6, 6.07) is 6.21. The first-order valence-electron chi connectivity index (χ1n) is 6.47. The van der Waals surface area contributed by atoms with Crippen LogP contribution in [-0.2, 0) is 12.8 Å². The van der Waals surface area contributed by atoms with E-state index in [1.807, 2.05) is 12.1 Å². The number of fused-ring (bicyclic) bond motifs is 1. The number of hydrogen-bond donors (Lipinski definition) is 0. The van der Waals surface area contributed by atoms with Crippen LogP contribution in [0, 0.1) is 0 Å². The maximum Gasteiger partial charge on any atom is 0.272 e. The molecule has 2 nitrogen and oxygen atoms in total. The number of benzene rings is 1. The minimum Gasteiger partial charge on any atom is -0.493 e. The Morgan fingerprint density at radius 3 is 2.89 bits per heavy atom. The summed E-state index contributed by atoms with van der Waals surface area (Å²) in [5, 5.41) is 0. The Morgan fingerprint density at radius 1 is 1.28 bits per heavy atom. The fourth-order valence-electron chi connectivity index (χ4n) is 2.62. The van der Waals surface area contributed by atoms with Gasteiger partial charge >= 0.3 is 0 Å². The van der Waals surface area contributed by atoms with Gasteiger partial charge in [0.15, 0.2) is 0 Å². The van der Waals surface area contributed by atoms with Crippen LogP contribution in [0.15, 0.2) is 18.2 Å². The van der Waals surface area contributed by atoms with Gasteiger partial charge in [-0.05, 0) is 36.5 Å². The summed E-state index contributed by atoms with van der Waals surface area (Å²) in [6.07, 6.45) is 2.96. The smallest absolute Gasteiger partial charge is 0.272 e. The van der Waals surface area contributed by atoms with E-state index in [2.05, 4.69) is 6.07 Å². The fraction of sp³-hybridized carbons (Fsp3) is 0.571. The molecule has 2 aliphatic rings. The number of halogens is 2. The minimum absolute atomic E-state index is 0.0823. The number of nitrogens with zero attached hydrogens (tertiary/aromatic N) is 1. The van der Waals surface area contributed by atoms with Gasteiger partial charge in [-0.25, -0.2) is 8.78 Å². The van der Waals surface area contributed by atoms with Gasteiger partial charge < -0.3 is 4.74 Å². The Balaban J connectivity index is 1.57. The molecule has 0 bridgehead atoms. The van der Waals surface area contributed by atoms with Crippen LogP contribution in [0.5, 0.6) is 5.75 Å².